The first-order valence-electron chi connectivity index (χ1n) is 8.06. The number of hydrogen-bond acceptors (Lipinski definition) is 3. The van der Waals surface area contributed by atoms with Crippen molar-refractivity contribution in [1.82, 2.24) is 4.90 Å². The van der Waals surface area contributed by atoms with E-state index in [2.05, 4.69) is 0 Å². The third kappa shape index (κ3) is 3.39. The Bertz CT molecular complexity index is 645. The maximum atomic E-state index is 13.5. The molecule has 0 aromatic heterocycles. The van der Waals surface area contributed by atoms with Crippen LogP contribution in [-0.2, 0) is 9.53 Å². The quantitative estimate of drug-likeness (QED) is 0.905. The van der Waals surface area contributed by atoms with Crippen LogP contribution in [0.1, 0.15) is 29.6 Å². The van der Waals surface area contributed by atoms with E-state index in [0.717, 1.165) is 6.07 Å². The Labute approximate surface area is 144 Å². The summed E-state index contributed by atoms with van der Waals surface area (Å²) in [5, 5.41) is 9.25. The molecule has 2 atom stereocenters. The number of aliphatic carboxylic acids is 1. The van der Waals surface area contributed by atoms with E-state index in [-0.39, 0.29) is 28.5 Å². The van der Waals surface area contributed by atoms with Gasteiger partial charge in [0.1, 0.15) is 5.82 Å². The Hall–Kier alpha value is -1.66. The predicted octanol–water partition coefficient (Wildman–Crippen LogP) is 2.82. The van der Waals surface area contributed by atoms with E-state index in [1.165, 1.54) is 12.1 Å². The van der Waals surface area contributed by atoms with Gasteiger partial charge in [0.2, 0.25) is 0 Å². The third-order valence-corrected chi connectivity index (χ3v) is 5.22. The molecule has 0 radical (unpaired) electrons. The average Bonchev–Trinajstić information content (AvgIpc) is 3.07. The highest BCUT2D eigenvalue weighted by atomic mass is 35.5. The first-order chi connectivity index (χ1) is 11.5. The number of carbonyl (C=O) groups excluding carboxylic acids is 1. The summed E-state index contributed by atoms with van der Waals surface area (Å²) in [6.07, 6.45) is 1.66. The van der Waals surface area contributed by atoms with Crippen LogP contribution >= 0.6 is 11.6 Å². The van der Waals surface area contributed by atoms with Gasteiger partial charge in [-0.3, -0.25) is 9.59 Å². The molecule has 24 heavy (non-hydrogen) atoms. The Morgan fingerprint density at radius 2 is 1.96 bits per heavy atom. The lowest BCUT2D eigenvalue weighted by atomic mass is 9.84. The molecule has 0 aliphatic carbocycles. The molecule has 7 heteroatoms. The fourth-order valence-electron chi connectivity index (χ4n) is 3.58. The summed E-state index contributed by atoms with van der Waals surface area (Å²) >= 11 is 5.64. The van der Waals surface area contributed by atoms with Gasteiger partial charge in [-0.1, -0.05) is 11.6 Å². The number of halogens is 2. The van der Waals surface area contributed by atoms with Crippen LogP contribution in [0, 0.1) is 17.7 Å². The number of amides is 1. The van der Waals surface area contributed by atoms with E-state index in [1.54, 1.807) is 4.90 Å². The number of rotatable bonds is 3. The smallest absolute Gasteiger partial charge is 0.309 e. The van der Waals surface area contributed by atoms with Crippen molar-refractivity contribution in [2.24, 2.45) is 11.8 Å². The van der Waals surface area contributed by atoms with Crippen molar-refractivity contribution < 1.29 is 23.8 Å². The molecule has 5 nitrogen and oxygen atoms in total. The van der Waals surface area contributed by atoms with E-state index in [9.17, 15) is 19.1 Å². The van der Waals surface area contributed by atoms with Crippen molar-refractivity contribution in [3.63, 3.8) is 0 Å². The maximum absolute atomic E-state index is 13.5. The van der Waals surface area contributed by atoms with E-state index < -0.39 is 17.7 Å². The van der Waals surface area contributed by atoms with Gasteiger partial charge in [-0.05, 0) is 43.4 Å². The molecule has 1 N–H and O–H groups in total. The summed E-state index contributed by atoms with van der Waals surface area (Å²) in [6, 6.07) is 4.04. The van der Waals surface area contributed by atoms with E-state index in [0.29, 0.717) is 39.0 Å². The molecule has 130 valence electrons. The van der Waals surface area contributed by atoms with Crippen LogP contribution in [0.25, 0.3) is 0 Å². The Morgan fingerprint density at radius 1 is 1.25 bits per heavy atom. The van der Waals surface area contributed by atoms with Crippen molar-refractivity contribution in [2.45, 2.75) is 25.4 Å². The van der Waals surface area contributed by atoms with Crippen LogP contribution in [0.2, 0.25) is 5.02 Å². The van der Waals surface area contributed by atoms with Crippen LogP contribution in [0.3, 0.4) is 0 Å². The molecule has 0 saturated carbocycles. The number of nitrogens with zero attached hydrogens (tertiary/aromatic N) is 1. The van der Waals surface area contributed by atoms with Gasteiger partial charge in [-0.15, -0.1) is 0 Å². The average molecular weight is 356 g/mol. The van der Waals surface area contributed by atoms with E-state index >= 15 is 0 Å². The highest BCUT2D eigenvalue weighted by molar-refractivity contribution is 6.30. The molecule has 1 aromatic carbocycles. The number of carboxylic acids is 1. The van der Waals surface area contributed by atoms with Crippen molar-refractivity contribution in [2.75, 3.05) is 19.7 Å². The number of ether oxygens (including phenoxy) is 1. The van der Waals surface area contributed by atoms with E-state index in [1.807, 2.05) is 0 Å². The zero-order valence-electron chi connectivity index (χ0n) is 13.1. The summed E-state index contributed by atoms with van der Waals surface area (Å²) in [6.45, 7) is 1.50. The minimum Gasteiger partial charge on any atom is -0.481 e. The minimum atomic E-state index is -0.812. The summed E-state index contributed by atoms with van der Waals surface area (Å²) in [5.41, 5.74) is 0.274. The molecule has 2 aliphatic heterocycles. The molecule has 2 aliphatic rings. The largest absolute Gasteiger partial charge is 0.481 e. The lowest BCUT2D eigenvalue weighted by Gasteiger charge is -2.35. The highest BCUT2D eigenvalue weighted by Gasteiger charge is 2.40. The topological polar surface area (TPSA) is 66.8 Å². The highest BCUT2D eigenvalue weighted by Crippen LogP contribution is 2.33. The number of carboxylic acid groups (broad SMARTS) is 1. The van der Waals surface area contributed by atoms with Crippen LogP contribution in [-0.4, -0.2) is 47.7 Å². The zero-order chi connectivity index (χ0) is 17.3. The lowest BCUT2D eigenvalue weighted by molar-refractivity contribution is -0.145. The Morgan fingerprint density at radius 3 is 2.58 bits per heavy atom. The van der Waals surface area contributed by atoms with Gasteiger partial charge in [-0.25, -0.2) is 4.39 Å². The third-order valence-electron chi connectivity index (χ3n) is 4.91. The van der Waals surface area contributed by atoms with Crippen molar-refractivity contribution >= 4 is 23.5 Å². The fraction of sp³-hybridized carbons (Fsp3) is 0.529. The number of likely N-dealkylation sites (tertiary alicyclic amines) is 1. The van der Waals surface area contributed by atoms with Crippen LogP contribution < -0.4 is 0 Å². The van der Waals surface area contributed by atoms with Crippen LogP contribution in [0.5, 0.6) is 0 Å². The van der Waals surface area contributed by atoms with Gasteiger partial charge < -0.3 is 14.7 Å². The molecule has 1 amide bonds. The number of carbonyl (C=O) groups is 2. The number of hydrogen-bond donors (Lipinski definition) is 1. The zero-order valence-corrected chi connectivity index (χ0v) is 13.8. The molecule has 1 unspecified atom stereocenters. The molecular weight excluding hydrogens is 337 g/mol. The predicted molar refractivity (Wildman–Crippen MR) is 85.5 cm³/mol. The molecule has 1 aromatic rings. The SMILES string of the molecule is O=C(O)C1CCO[C@H]1C1CCN(C(=O)c2ccc(Cl)c(F)c2)CC1. The summed E-state index contributed by atoms with van der Waals surface area (Å²) in [7, 11) is 0. The Balaban J connectivity index is 1.61. The maximum Gasteiger partial charge on any atom is 0.309 e. The second kappa shape index (κ2) is 7.07. The van der Waals surface area contributed by atoms with Gasteiger partial charge >= 0.3 is 5.97 Å². The van der Waals surface area contributed by atoms with Gasteiger partial charge in [0, 0.05) is 25.3 Å². The van der Waals surface area contributed by atoms with Gasteiger partial charge in [0.05, 0.1) is 17.0 Å². The first-order valence-corrected chi connectivity index (χ1v) is 8.44. The Kier molecular flexibility index (Phi) is 5.06. The molecule has 2 heterocycles. The number of benzene rings is 1. The first kappa shape index (κ1) is 17.2. The molecule has 0 bridgehead atoms. The standard InChI is InChI=1S/C17H19ClFNO4/c18-13-2-1-11(9-14(13)19)16(21)20-6-3-10(4-7-20)15-12(17(22)23)5-8-24-15/h1-2,9-10,12,15H,3-8H2,(H,22,23)/t12?,15-/m0/s1. The lowest BCUT2D eigenvalue weighted by Crippen LogP contribution is -2.43. The monoisotopic (exact) mass is 355 g/mol. The minimum absolute atomic E-state index is 0.0108. The summed E-state index contributed by atoms with van der Waals surface area (Å²) in [5.74, 6) is -1.97. The van der Waals surface area contributed by atoms with Crippen molar-refractivity contribution in [1.29, 1.82) is 0 Å². The molecule has 3 rings (SSSR count). The number of piperidine rings is 1. The summed E-state index contributed by atoms with van der Waals surface area (Å²) < 4.78 is 19.1. The molecule has 2 fully saturated rings. The molecular formula is C17H19ClFNO4. The van der Waals surface area contributed by atoms with Crippen molar-refractivity contribution in [3.8, 4) is 0 Å². The van der Waals surface area contributed by atoms with Gasteiger partial charge in [0.25, 0.3) is 5.91 Å². The van der Waals surface area contributed by atoms with Gasteiger partial charge in [0.15, 0.2) is 0 Å². The molecule has 2 saturated heterocycles. The second-order valence-corrected chi connectivity index (χ2v) is 6.73. The van der Waals surface area contributed by atoms with Gasteiger partial charge in [-0.2, -0.15) is 0 Å². The van der Waals surface area contributed by atoms with Crippen molar-refractivity contribution in [3.05, 3.63) is 34.6 Å². The molecule has 0 spiro atoms. The second-order valence-electron chi connectivity index (χ2n) is 6.33. The van der Waals surface area contributed by atoms with Crippen LogP contribution in [0.4, 0.5) is 4.39 Å². The van der Waals surface area contributed by atoms with Crippen LogP contribution in [0.15, 0.2) is 18.2 Å². The van der Waals surface area contributed by atoms with E-state index in [4.69, 9.17) is 16.3 Å². The fourth-order valence-corrected chi connectivity index (χ4v) is 3.70. The summed E-state index contributed by atoms with van der Waals surface area (Å²) in [4.78, 5) is 25.4. The normalized spacial score (nSPS) is 25.0.